The maximum absolute atomic E-state index is 11.7. The maximum Gasteiger partial charge on any atom is 0.240 e. The van der Waals surface area contributed by atoms with Crippen molar-refractivity contribution < 1.29 is 4.79 Å². The molecule has 1 heterocycles. The highest BCUT2D eigenvalue weighted by molar-refractivity contribution is 5.83. The van der Waals surface area contributed by atoms with Crippen LogP contribution in [0.25, 0.3) is 0 Å². The van der Waals surface area contributed by atoms with E-state index in [-0.39, 0.29) is 6.04 Å². The highest BCUT2D eigenvalue weighted by Crippen LogP contribution is 2.61. The molecular formula is C11H18N2O. The Bertz CT molecular complexity index is 268. The van der Waals surface area contributed by atoms with Gasteiger partial charge in [0.1, 0.15) is 0 Å². The van der Waals surface area contributed by atoms with Crippen LogP contribution in [0.1, 0.15) is 32.6 Å². The van der Waals surface area contributed by atoms with Gasteiger partial charge in [0.15, 0.2) is 0 Å². The van der Waals surface area contributed by atoms with Crippen molar-refractivity contribution in [3.8, 4) is 0 Å². The topological polar surface area (TPSA) is 32.3 Å². The Kier molecular flexibility index (Phi) is 1.69. The Morgan fingerprint density at radius 1 is 1.50 bits per heavy atom. The molecule has 3 aliphatic rings. The molecule has 1 atom stereocenters. The molecule has 1 N–H and O–H groups in total. The second kappa shape index (κ2) is 2.72. The zero-order chi connectivity index (χ0) is 9.76. The van der Waals surface area contributed by atoms with E-state index < -0.39 is 0 Å². The molecule has 0 spiro atoms. The smallest absolute Gasteiger partial charge is 0.240 e. The van der Waals surface area contributed by atoms with Crippen LogP contribution >= 0.6 is 0 Å². The van der Waals surface area contributed by atoms with E-state index in [9.17, 15) is 4.79 Å². The van der Waals surface area contributed by atoms with Crippen LogP contribution in [0.5, 0.6) is 0 Å². The first-order valence-corrected chi connectivity index (χ1v) is 5.73. The summed E-state index contributed by atoms with van der Waals surface area (Å²) in [7, 11) is 0. The van der Waals surface area contributed by atoms with Gasteiger partial charge in [0.05, 0.1) is 12.7 Å². The van der Waals surface area contributed by atoms with Crippen molar-refractivity contribution in [3.05, 3.63) is 0 Å². The molecule has 14 heavy (non-hydrogen) atoms. The van der Waals surface area contributed by atoms with Crippen LogP contribution < -0.4 is 5.32 Å². The largest absolute Gasteiger partial charge is 0.328 e. The lowest BCUT2D eigenvalue weighted by molar-refractivity contribution is -0.129. The summed E-state index contributed by atoms with van der Waals surface area (Å²) in [5.74, 6) is 1.25. The summed E-state index contributed by atoms with van der Waals surface area (Å²) in [6, 6.07) is 0.0463. The fourth-order valence-corrected chi connectivity index (χ4v) is 2.75. The molecule has 0 radical (unpaired) electrons. The average molecular weight is 194 g/mol. The van der Waals surface area contributed by atoms with Gasteiger partial charge in [0.2, 0.25) is 5.91 Å². The number of amides is 1. The second-order valence-corrected chi connectivity index (χ2v) is 5.26. The lowest BCUT2D eigenvalue weighted by atomic mass is 10.00. The summed E-state index contributed by atoms with van der Waals surface area (Å²) in [4.78, 5) is 13.7. The van der Waals surface area contributed by atoms with Crippen molar-refractivity contribution in [2.75, 3.05) is 13.2 Å². The van der Waals surface area contributed by atoms with E-state index in [0.717, 1.165) is 19.1 Å². The molecule has 1 saturated heterocycles. The summed E-state index contributed by atoms with van der Waals surface area (Å²) < 4.78 is 0. The molecule has 78 valence electrons. The van der Waals surface area contributed by atoms with E-state index in [2.05, 4.69) is 5.32 Å². The van der Waals surface area contributed by atoms with Crippen LogP contribution in [0, 0.1) is 11.3 Å². The van der Waals surface area contributed by atoms with Crippen molar-refractivity contribution in [3.63, 3.8) is 0 Å². The number of carbonyl (C=O) groups excluding carboxylic acids is 1. The number of hydrogen-bond donors (Lipinski definition) is 1. The van der Waals surface area contributed by atoms with Gasteiger partial charge < -0.3 is 4.90 Å². The predicted molar refractivity (Wildman–Crippen MR) is 53.6 cm³/mol. The number of hydrogen-bond acceptors (Lipinski definition) is 2. The van der Waals surface area contributed by atoms with Crippen molar-refractivity contribution in [2.24, 2.45) is 11.3 Å². The molecule has 1 unspecified atom stereocenters. The molecule has 2 saturated carbocycles. The number of rotatable bonds is 3. The summed E-state index contributed by atoms with van der Waals surface area (Å²) in [5, 5.41) is 3.21. The Morgan fingerprint density at radius 2 is 2.21 bits per heavy atom. The zero-order valence-corrected chi connectivity index (χ0v) is 8.75. The van der Waals surface area contributed by atoms with Gasteiger partial charge in [-0.1, -0.05) is 0 Å². The monoisotopic (exact) mass is 194 g/mol. The number of carbonyl (C=O) groups is 1. The number of nitrogens with one attached hydrogen (secondary N) is 1. The first-order chi connectivity index (χ1) is 6.71. The van der Waals surface area contributed by atoms with Crippen LogP contribution in [0.3, 0.4) is 0 Å². The number of nitrogens with zero attached hydrogens (tertiary/aromatic N) is 1. The third kappa shape index (κ3) is 1.26. The fourth-order valence-electron chi connectivity index (χ4n) is 2.75. The van der Waals surface area contributed by atoms with Gasteiger partial charge in [-0.25, -0.2) is 0 Å². The molecule has 0 aromatic rings. The molecule has 1 amide bonds. The molecule has 3 nitrogen and oxygen atoms in total. The lowest BCUT2D eigenvalue weighted by Gasteiger charge is -2.22. The zero-order valence-electron chi connectivity index (χ0n) is 8.75. The van der Waals surface area contributed by atoms with Crippen LogP contribution in [0.15, 0.2) is 0 Å². The van der Waals surface area contributed by atoms with Gasteiger partial charge >= 0.3 is 0 Å². The lowest BCUT2D eigenvalue weighted by Crippen LogP contribution is -2.34. The van der Waals surface area contributed by atoms with Gasteiger partial charge in [-0.15, -0.1) is 0 Å². The molecule has 3 rings (SSSR count). The van der Waals surface area contributed by atoms with Crippen molar-refractivity contribution in [1.29, 1.82) is 0 Å². The van der Waals surface area contributed by atoms with E-state index in [1.54, 1.807) is 0 Å². The van der Waals surface area contributed by atoms with Crippen LogP contribution in [-0.4, -0.2) is 30.1 Å². The van der Waals surface area contributed by atoms with E-state index in [1.165, 1.54) is 25.7 Å². The van der Waals surface area contributed by atoms with Gasteiger partial charge in [-0.3, -0.25) is 10.1 Å². The highest BCUT2D eigenvalue weighted by atomic mass is 16.2. The minimum atomic E-state index is 0.0463. The van der Waals surface area contributed by atoms with Gasteiger partial charge in [-0.2, -0.15) is 0 Å². The van der Waals surface area contributed by atoms with E-state index in [1.807, 2.05) is 11.8 Å². The first-order valence-electron chi connectivity index (χ1n) is 5.73. The predicted octanol–water partition coefficient (Wildman–Crippen LogP) is 0.954. The van der Waals surface area contributed by atoms with Crippen LogP contribution in [0.2, 0.25) is 0 Å². The minimum Gasteiger partial charge on any atom is -0.328 e. The fraction of sp³-hybridized carbons (Fsp3) is 0.909. The normalized spacial score (nSPS) is 35.1. The Labute approximate surface area is 84.8 Å². The van der Waals surface area contributed by atoms with Crippen molar-refractivity contribution >= 4 is 5.91 Å². The summed E-state index contributed by atoms with van der Waals surface area (Å²) in [6.07, 6.45) is 5.53. The first kappa shape index (κ1) is 8.72. The SMILES string of the molecule is CC1NCN(CC2(C3CC3)CC2)C1=O. The third-order valence-corrected chi connectivity index (χ3v) is 4.11. The standard InChI is InChI=1S/C11H18N2O/c1-8-10(14)13(7-12-8)6-11(4-5-11)9-2-3-9/h8-9,12H,2-7H2,1H3. The van der Waals surface area contributed by atoms with E-state index in [0.29, 0.717) is 11.3 Å². The van der Waals surface area contributed by atoms with Crippen molar-refractivity contribution in [2.45, 2.75) is 38.6 Å². The van der Waals surface area contributed by atoms with Gasteiger partial charge in [0.25, 0.3) is 0 Å². The summed E-state index contributed by atoms with van der Waals surface area (Å²) in [6.45, 7) is 3.75. The Balaban J connectivity index is 1.64. The molecule has 0 aromatic carbocycles. The maximum atomic E-state index is 11.7. The Morgan fingerprint density at radius 3 is 2.64 bits per heavy atom. The highest BCUT2D eigenvalue weighted by Gasteiger charge is 2.55. The molecule has 0 bridgehead atoms. The van der Waals surface area contributed by atoms with Crippen LogP contribution in [-0.2, 0) is 4.79 Å². The summed E-state index contributed by atoms with van der Waals surface area (Å²) >= 11 is 0. The molecule has 3 heteroatoms. The third-order valence-electron chi connectivity index (χ3n) is 4.11. The van der Waals surface area contributed by atoms with Gasteiger partial charge in [0, 0.05) is 6.54 Å². The molecule has 0 aromatic heterocycles. The second-order valence-electron chi connectivity index (χ2n) is 5.26. The molecular weight excluding hydrogens is 176 g/mol. The van der Waals surface area contributed by atoms with Gasteiger partial charge in [-0.05, 0) is 43.9 Å². The van der Waals surface area contributed by atoms with E-state index >= 15 is 0 Å². The Hall–Kier alpha value is -0.570. The molecule has 1 aliphatic heterocycles. The quantitative estimate of drug-likeness (QED) is 0.725. The van der Waals surface area contributed by atoms with Crippen LogP contribution in [0.4, 0.5) is 0 Å². The van der Waals surface area contributed by atoms with Crippen molar-refractivity contribution in [1.82, 2.24) is 10.2 Å². The minimum absolute atomic E-state index is 0.0463. The molecule has 2 aliphatic carbocycles. The average Bonchev–Trinajstić information content (AvgIpc) is 2.99. The summed E-state index contributed by atoms with van der Waals surface area (Å²) in [5.41, 5.74) is 0.557. The van der Waals surface area contributed by atoms with E-state index in [4.69, 9.17) is 0 Å². The molecule has 3 fully saturated rings.